The molecule has 1 saturated heterocycles. The fourth-order valence-electron chi connectivity index (χ4n) is 7.00. The summed E-state index contributed by atoms with van der Waals surface area (Å²) in [6.45, 7) is -1.87. The highest BCUT2D eigenvalue weighted by molar-refractivity contribution is 7.95. The van der Waals surface area contributed by atoms with E-state index >= 15 is 4.79 Å². The van der Waals surface area contributed by atoms with Gasteiger partial charge in [-0.1, -0.05) is 182 Å². The molecule has 0 unspecified atom stereocenters. The molecule has 5 atom stereocenters. The Morgan fingerprint density at radius 2 is 0.833 bits per heavy atom. The van der Waals surface area contributed by atoms with E-state index in [-0.39, 0.29) is 19.0 Å². The molecule has 0 aliphatic carbocycles. The first-order valence-electron chi connectivity index (χ1n) is 18.3. The number of hydrogen-bond acceptors (Lipinski definition) is 6. The zero-order chi connectivity index (χ0) is 37.0. The maximum absolute atomic E-state index is 15.3. The molecule has 274 valence electrons. The highest BCUT2D eigenvalue weighted by Gasteiger charge is 2.51. The van der Waals surface area contributed by atoms with Gasteiger partial charge in [-0.15, -0.1) is 0 Å². The van der Waals surface area contributed by atoms with Crippen LogP contribution in [-0.2, 0) is 48.3 Å². The van der Waals surface area contributed by atoms with Crippen molar-refractivity contribution < 1.29 is 28.5 Å². The predicted octanol–water partition coefficient (Wildman–Crippen LogP) is 7.48. The molecular weight excluding hydrogens is 691 g/mol. The Morgan fingerprint density at radius 1 is 0.500 bits per heavy atom. The molecule has 1 heterocycles. The first-order valence-corrected chi connectivity index (χ1v) is 20.1. The zero-order valence-corrected chi connectivity index (χ0v) is 31.2. The van der Waals surface area contributed by atoms with E-state index in [9.17, 15) is 0 Å². The summed E-state index contributed by atoms with van der Waals surface area (Å²) in [6, 6.07) is 60.7. The standard InChI is InChI=1S/C47H45O6P/c1-49-47-46(52-34-38-24-12-4-13-25-38)45(51-33-37-22-10-3-11-23-37)44(50-32-36-20-8-2-9-21-36)43(53-47)42(48)35-54(39-26-14-5-15-27-39,40-28-16-6-17-29-40)41-30-18-7-19-31-41/h2-31,35,43-47H,32-34H2,1H3/t43-,44-,45+,46-,47+/m1/s1. The summed E-state index contributed by atoms with van der Waals surface area (Å²) in [4.78, 5) is 15.3. The van der Waals surface area contributed by atoms with E-state index in [2.05, 4.69) is 36.4 Å². The third-order valence-electron chi connectivity index (χ3n) is 9.67. The van der Waals surface area contributed by atoms with Crippen molar-refractivity contribution in [3.63, 3.8) is 0 Å². The Balaban J connectivity index is 1.35. The third-order valence-corrected chi connectivity index (χ3v) is 13.7. The smallest absolute Gasteiger partial charge is 0.188 e. The van der Waals surface area contributed by atoms with Crippen molar-refractivity contribution in [3.8, 4) is 0 Å². The molecule has 7 heteroatoms. The quantitative estimate of drug-likeness (QED) is 0.102. The minimum atomic E-state index is -2.68. The van der Waals surface area contributed by atoms with Crippen LogP contribution in [-0.4, -0.2) is 49.4 Å². The lowest BCUT2D eigenvalue weighted by Gasteiger charge is -2.45. The second kappa shape index (κ2) is 18.4. The van der Waals surface area contributed by atoms with E-state index in [0.29, 0.717) is 6.61 Å². The van der Waals surface area contributed by atoms with Crippen LogP contribution in [0, 0.1) is 0 Å². The lowest BCUT2D eigenvalue weighted by atomic mass is 9.95. The van der Waals surface area contributed by atoms with Crippen molar-refractivity contribution in [1.29, 1.82) is 0 Å². The van der Waals surface area contributed by atoms with Gasteiger partial charge in [0.25, 0.3) is 0 Å². The van der Waals surface area contributed by atoms with Gasteiger partial charge < -0.3 is 23.7 Å². The lowest BCUT2D eigenvalue weighted by Crippen LogP contribution is -2.62. The van der Waals surface area contributed by atoms with Crippen LogP contribution in [0.15, 0.2) is 182 Å². The topological polar surface area (TPSA) is 63.2 Å². The molecule has 0 N–H and O–H groups in total. The van der Waals surface area contributed by atoms with Gasteiger partial charge in [-0.3, -0.25) is 4.79 Å². The number of hydrogen-bond donors (Lipinski definition) is 0. The lowest BCUT2D eigenvalue weighted by molar-refractivity contribution is -0.310. The summed E-state index contributed by atoms with van der Waals surface area (Å²) in [5.74, 6) is 1.69. The van der Waals surface area contributed by atoms with Gasteiger partial charge in [0.2, 0.25) is 0 Å². The van der Waals surface area contributed by atoms with Crippen LogP contribution in [0.3, 0.4) is 0 Å². The van der Waals surface area contributed by atoms with Gasteiger partial charge in [0.1, 0.15) is 18.3 Å². The first kappa shape index (κ1) is 37.4. The maximum Gasteiger partial charge on any atom is 0.188 e. The van der Waals surface area contributed by atoms with Crippen LogP contribution in [0.1, 0.15) is 16.7 Å². The van der Waals surface area contributed by atoms with Gasteiger partial charge >= 0.3 is 0 Å². The molecule has 1 aliphatic rings. The summed E-state index contributed by atoms with van der Waals surface area (Å²) < 4.78 is 33.0. The fraction of sp³-hybridized carbons (Fsp3) is 0.191. The summed E-state index contributed by atoms with van der Waals surface area (Å²) in [7, 11) is 1.57. The van der Waals surface area contributed by atoms with Gasteiger partial charge in [0, 0.05) is 7.11 Å². The van der Waals surface area contributed by atoms with Crippen LogP contribution in [0.2, 0.25) is 0 Å². The van der Waals surface area contributed by atoms with Crippen molar-refractivity contribution in [2.24, 2.45) is 0 Å². The molecule has 54 heavy (non-hydrogen) atoms. The Labute approximate surface area is 318 Å². The van der Waals surface area contributed by atoms with E-state index in [1.54, 1.807) is 7.11 Å². The molecule has 1 aliphatic heterocycles. The number of benzene rings is 6. The summed E-state index contributed by atoms with van der Waals surface area (Å²) in [5.41, 5.74) is 2.94. The van der Waals surface area contributed by atoms with E-state index in [4.69, 9.17) is 23.7 Å². The van der Waals surface area contributed by atoms with Gasteiger partial charge in [0.15, 0.2) is 18.2 Å². The van der Waals surface area contributed by atoms with E-state index in [0.717, 1.165) is 32.6 Å². The van der Waals surface area contributed by atoms with Crippen molar-refractivity contribution in [2.75, 3.05) is 7.11 Å². The molecule has 7 rings (SSSR count). The van der Waals surface area contributed by atoms with Crippen LogP contribution in [0.4, 0.5) is 0 Å². The highest BCUT2D eigenvalue weighted by Crippen LogP contribution is 2.44. The van der Waals surface area contributed by atoms with Gasteiger partial charge in [0.05, 0.1) is 19.8 Å². The fourth-order valence-corrected chi connectivity index (χ4v) is 10.8. The largest absolute Gasteiger partial charge is 0.368 e. The van der Waals surface area contributed by atoms with Crippen LogP contribution >= 0.6 is 6.89 Å². The molecule has 6 nitrogen and oxygen atoms in total. The van der Waals surface area contributed by atoms with Crippen LogP contribution in [0.5, 0.6) is 0 Å². The molecule has 6 aromatic rings. The molecule has 0 amide bonds. The third kappa shape index (κ3) is 8.72. The van der Waals surface area contributed by atoms with Crippen molar-refractivity contribution in [2.45, 2.75) is 50.5 Å². The minimum absolute atomic E-state index is 0.213. The second-order valence-corrected chi connectivity index (χ2v) is 16.5. The van der Waals surface area contributed by atoms with E-state index in [1.165, 1.54) is 0 Å². The molecule has 0 saturated carbocycles. The number of ether oxygens (including phenoxy) is 5. The van der Waals surface area contributed by atoms with Crippen molar-refractivity contribution in [1.82, 2.24) is 0 Å². The molecule has 1 fully saturated rings. The molecule has 0 spiro atoms. The van der Waals surface area contributed by atoms with E-state index in [1.807, 2.05) is 151 Å². The Bertz CT molecular complexity index is 1980. The molecule has 0 radical (unpaired) electrons. The number of carbonyl (C=O) groups is 1. The summed E-state index contributed by atoms with van der Waals surface area (Å²) in [6.07, 6.45) is -4.32. The maximum atomic E-state index is 15.3. The van der Waals surface area contributed by atoms with Crippen LogP contribution in [0.25, 0.3) is 0 Å². The molecule has 6 aromatic carbocycles. The normalized spacial score (nSPS) is 19.9. The zero-order valence-electron chi connectivity index (χ0n) is 30.3. The number of rotatable bonds is 15. The monoisotopic (exact) mass is 736 g/mol. The number of methoxy groups -OCH3 is 1. The average Bonchev–Trinajstić information content (AvgIpc) is 3.25. The van der Waals surface area contributed by atoms with Crippen LogP contribution < -0.4 is 15.9 Å². The number of carbonyl (C=O) groups excluding carboxylic acids is 1. The minimum Gasteiger partial charge on any atom is -0.368 e. The molecular formula is C47H45O6P. The Kier molecular flexibility index (Phi) is 12.8. The first-order chi connectivity index (χ1) is 26.7. The van der Waals surface area contributed by atoms with Gasteiger partial charge in [-0.25, -0.2) is 0 Å². The molecule has 0 aromatic heterocycles. The Hall–Kier alpha value is -4.91. The van der Waals surface area contributed by atoms with E-state index < -0.39 is 37.6 Å². The molecule has 0 bridgehead atoms. The van der Waals surface area contributed by atoms with Crippen molar-refractivity contribution in [3.05, 3.63) is 199 Å². The number of Topliss-reactive ketones (excluding diaryl/α,β-unsaturated/α-hetero) is 1. The highest BCUT2D eigenvalue weighted by atomic mass is 31.2. The summed E-state index contributed by atoms with van der Waals surface area (Å²) >= 11 is 0. The average molecular weight is 737 g/mol. The second-order valence-electron chi connectivity index (χ2n) is 13.2. The van der Waals surface area contributed by atoms with Gasteiger partial charge in [-0.05, 0) is 45.3 Å². The van der Waals surface area contributed by atoms with Crippen molar-refractivity contribution >= 4 is 34.4 Å². The predicted molar refractivity (Wildman–Crippen MR) is 217 cm³/mol. The number of ketones is 1. The summed E-state index contributed by atoms with van der Waals surface area (Å²) in [5, 5.41) is 3.16. The SMILES string of the molecule is CO[C@H]1O[C@H](C(=O)C=P(c2ccccc2)(c2ccccc2)c2ccccc2)[C@@H](OCc2ccccc2)[C@H](OCc2ccccc2)[C@H]1OCc1ccccc1. The van der Waals surface area contributed by atoms with Gasteiger partial charge in [-0.2, -0.15) is 0 Å². The Morgan fingerprint density at radius 3 is 1.20 bits per heavy atom.